The van der Waals surface area contributed by atoms with Crippen molar-refractivity contribution in [1.82, 2.24) is 14.8 Å². The highest BCUT2D eigenvalue weighted by atomic mass is 32.2. The number of benzene rings is 2. The molecule has 1 N–H and O–H groups in total. The highest BCUT2D eigenvalue weighted by molar-refractivity contribution is 7.99. The number of hydrogen-bond donors (Lipinski definition) is 1. The monoisotopic (exact) mass is 535 g/mol. The number of anilines is 2. The van der Waals surface area contributed by atoms with Crippen LogP contribution in [0.15, 0.2) is 59.8 Å². The van der Waals surface area contributed by atoms with E-state index in [4.69, 9.17) is 4.74 Å². The van der Waals surface area contributed by atoms with Gasteiger partial charge in [-0.15, -0.1) is 21.5 Å². The van der Waals surface area contributed by atoms with E-state index in [0.717, 1.165) is 33.1 Å². The Morgan fingerprint density at radius 1 is 1.08 bits per heavy atom. The lowest BCUT2D eigenvalue weighted by Gasteiger charge is -2.14. The molecule has 10 heteroatoms. The van der Waals surface area contributed by atoms with Gasteiger partial charge < -0.3 is 19.5 Å². The second-order valence-electron chi connectivity index (χ2n) is 8.43. The summed E-state index contributed by atoms with van der Waals surface area (Å²) >= 11 is 2.67. The molecule has 2 heterocycles. The maximum Gasteiger partial charge on any atom is 0.341 e. The number of hydrogen-bond acceptors (Lipinski definition) is 8. The minimum absolute atomic E-state index is 0.119. The van der Waals surface area contributed by atoms with Crippen molar-refractivity contribution in [3.8, 4) is 22.5 Å². The van der Waals surface area contributed by atoms with Gasteiger partial charge in [0.15, 0.2) is 11.0 Å². The molecular formula is C27H29N5O3S2. The fourth-order valence-electron chi connectivity index (χ4n) is 3.99. The van der Waals surface area contributed by atoms with Crippen LogP contribution in [-0.4, -0.2) is 53.6 Å². The van der Waals surface area contributed by atoms with E-state index >= 15 is 0 Å². The van der Waals surface area contributed by atoms with Crippen molar-refractivity contribution in [3.05, 3.63) is 65.0 Å². The van der Waals surface area contributed by atoms with Gasteiger partial charge in [-0.1, -0.05) is 54.2 Å². The molecule has 4 aromatic rings. The molecule has 0 bridgehead atoms. The zero-order valence-electron chi connectivity index (χ0n) is 21.4. The second kappa shape index (κ2) is 11.6. The Kier molecular flexibility index (Phi) is 8.30. The number of amides is 1. The third-order valence-electron chi connectivity index (χ3n) is 5.78. The topological polar surface area (TPSA) is 89.3 Å². The van der Waals surface area contributed by atoms with E-state index in [1.54, 1.807) is 0 Å². The highest BCUT2D eigenvalue weighted by Crippen LogP contribution is 2.40. The van der Waals surface area contributed by atoms with E-state index in [2.05, 4.69) is 21.6 Å². The summed E-state index contributed by atoms with van der Waals surface area (Å²) in [7, 11) is 5.33. The molecule has 0 saturated carbocycles. The molecule has 0 spiro atoms. The van der Waals surface area contributed by atoms with Gasteiger partial charge >= 0.3 is 5.97 Å². The number of ether oxygens (including phenoxy) is 1. The number of nitrogens with zero attached hydrogens (tertiary/aromatic N) is 4. The number of aryl methyl sites for hydroxylation is 1. The zero-order chi connectivity index (χ0) is 26.5. The smallest absolute Gasteiger partial charge is 0.341 e. The molecule has 0 radical (unpaired) electrons. The molecule has 8 nitrogen and oxygen atoms in total. The summed E-state index contributed by atoms with van der Waals surface area (Å²) in [6.45, 7) is 4.62. The Morgan fingerprint density at radius 3 is 2.49 bits per heavy atom. The molecule has 0 unspecified atom stereocenters. The molecule has 37 heavy (non-hydrogen) atoms. The number of carbonyl (C=O) groups is 2. The number of thioether (sulfide) groups is 1. The van der Waals surface area contributed by atoms with E-state index < -0.39 is 5.97 Å². The summed E-state index contributed by atoms with van der Waals surface area (Å²) in [5.74, 6) is 0.149. The number of thiophene rings is 1. The summed E-state index contributed by atoms with van der Waals surface area (Å²) in [4.78, 5) is 28.6. The lowest BCUT2D eigenvalue weighted by molar-refractivity contribution is -0.113. The third-order valence-corrected chi connectivity index (χ3v) is 7.76. The molecule has 0 aliphatic rings. The number of rotatable bonds is 9. The average Bonchev–Trinajstić information content (AvgIpc) is 3.47. The molecular weight excluding hydrogens is 506 g/mol. The minimum Gasteiger partial charge on any atom is -0.465 e. The van der Waals surface area contributed by atoms with E-state index in [1.807, 2.05) is 85.9 Å². The Balaban J connectivity index is 1.53. The number of aromatic nitrogens is 3. The number of carbonyl (C=O) groups excluding carboxylic acids is 2. The van der Waals surface area contributed by atoms with Gasteiger partial charge in [-0.3, -0.25) is 4.79 Å². The molecule has 0 saturated heterocycles. The zero-order valence-corrected chi connectivity index (χ0v) is 23.1. The van der Waals surface area contributed by atoms with Crippen molar-refractivity contribution in [2.75, 3.05) is 37.2 Å². The largest absolute Gasteiger partial charge is 0.465 e. The van der Waals surface area contributed by atoms with Crippen molar-refractivity contribution in [3.63, 3.8) is 0 Å². The molecule has 192 valence electrons. The van der Waals surface area contributed by atoms with Crippen LogP contribution in [0, 0.1) is 6.92 Å². The van der Waals surface area contributed by atoms with E-state index in [1.165, 1.54) is 30.2 Å². The van der Waals surface area contributed by atoms with Gasteiger partial charge in [0.2, 0.25) is 5.91 Å². The van der Waals surface area contributed by atoms with Gasteiger partial charge in [-0.2, -0.15) is 0 Å². The third kappa shape index (κ3) is 5.70. The highest BCUT2D eigenvalue weighted by Gasteiger charge is 2.25. The first kappa shape index (κ1) is 26.4. The predicted molar refractivity (Wildman–Crippen MR) is 151 cm³/mol. The Morgan fingerprint density at radius 2 is 1.81 bits per heavy atom. The van der Waals surface area contributed by atoms with Crippen LogP contribution in [0.1, 0.15) is 22.2 Å². The summed E-state index contributed by atoms with van der Waals surface area (Å²) < 4.78 is 7.04. The second-order valence-corrected chi connectivity index (χ2v) is 10.6. The van der Waals surface area contributed by atoms with E-state index in [0.29, 0.717) is 22.3 Å². The standard InChI is InChI=1S/C27H29N5O3S2/c1-6-32-24(19-13-10-14-20(15-19)31(3)4)29-30-27(32)36-16-21(33)28-25-23(26(34)35-5)22(17(2)37-25)18-11-8-7-9-12-18/h7-15H,6,16H2,1-5H3,(H,28,33). The normalized spacial score (nSPS) is 10.8. The molecule has 0 atom stereocenters. The lowest BCUT2D eigenvalue weighted by atomic mass is 10.0. The van der Waals surface area contributed by atoms with Gasteiger partial charge in [-0.25, -0.2) is 4.79 Å². The average molecular weight is 536 g/mol. The Hall–Kier alpha value is -3.63. The van der Waals surface area contributed by atoms with Crippen molar-refractivity contribution < 1.29 is 14.3 Å². The predicted octanol–water partition coefficient (Wildman–Crippen LogP) is 5.59. The maximum absolute atomic E-state index is 13.0. The molecule has 4 rings (SSSR count). The van der Waals surface area contributed by atoms with Crippen molar-refractivity contribution in [2.24, 2.45) is 0 Å². The first-order valence-corrected chi connectivity index (χ1v) is 13.5. The van der Waals surface area contributed by atoms with Gasteiger partial charge in [-0.05, 0) is 31.5 Å². The molecule has 0 aliphatic carbocycles. The summed E-state index contributed by atoms with van der Waals surface area (Å²) in [5, 5.41) is 12.8. The van der Waals surface area contributed by atoms with Crippen LogP contribution in [-0.2, 0) is 16.1 Å². The Labute approximate surface area is 224 Å². The van der Waals surface area contributed by atoms with Crippen LogP contribution >= 0.6 is 23.1 Å². The molecule has 0 fully saturated rings. The molecule has 1 amide bonds. The summed E-state index contributed by atoms with van der Waals surface area (Å²) in [6.07, 6.45) is 0. The fourth-order valence-corrected chi connectivity index (χ4v) is 5.87. The van der Waals surface area contributed by atoms with Crippen LogP contribution < -0.4 is 10.2 Å². The van der Waals surface area contributed by atoms with Crippen molar-refractivity contribution in [1.29, 1.82) is 0 Å². The van der Waals surface area contributed by atoms with Gasteiger partial charge in [0.25, 0.3) is 0 Å². The maximum atomic E-state index is 13.0. The van der Waals surface area contributed by atoms with Crippen LogP contribution in [0.5, 0.6) is 0 Å². The quantitative estimate of drug-likeness (QED) is 0.221. The van der Waals surface area contributed by atoms with Gasteiger partial charge in [0, 0.05) is 42.3 Å². The fraction of sp³-hybridized carbons (Fsp3) is 0.259. The molecule has 0 aliphatic heterocycles. The SMILES string of the molecule is CCn1c(SCC(=O)Nc2sc(C)c(-c3ccccc3)c2C(=O)OC)nnc1-c1cccc(N(C)C)c1. The van der Waals surface area contributed by atoms with Crippen LogP contribution in [0.2, 0.25) is 0 Å². The first-order chi connectivity index (χ1) is 17.8. The van der Waals surface area contributed by atoms with Gasteiger partial charge in [0.1, 0.15) is 10.6 Å². The van der Waals surface area contributed by atoms with Crippen molar-refractivity contribution >= 4 is 45.7 Å². The van der Waals surface area contributed by atoms with Crippen LogP contribution in [0.4, 0.5) is 10.7 Å². The van der Waals surface area contributed by atoms with Gasteiger partial charge in [0.05, 0.1) is 12.9 Å². The Bertz CT molecular complexity index is 1410. The summed E-state index contributed by atoms with van der Waals surface area (Å²) in [5.41, 5.74) is 4.07. The molecule has 2 aromatic carbocycles. The lowest BCUT2D eigenvalue weighted by Crippen LogP contribution is -2.16. The van der Waals surface area contributed by atoms with Crippen LogP contribution in [0.25, 0.3) is 22.5 Å². The minimum atomic E-state index is -0.485. The van der Waals surface area contributed by atoms with E-state index in [9.17, 15) is 9.59 Å². The molecule has 2 aromatic heterocycles. The number of methoxy groups -OCH3 is 1. The number of esters is 1. The van der Waals surface area contributed by atoms with Crippen molar-refractivity contribution in [2.45, 2.75) is 25.5 Å². The van der Waals surface area contributed by atoms with E-state index in [-0.39, 0.29) is 11.7 Å². The summed E-state index contributed by atoms with van der Waals surface area (Å²) in [6, 6.07) is 17.7. The first-order valence-electron chi connectivity index (χ1n) is 11.7. The number of nitrogens with one attached hydrogen (secondary N) is 1. The van der Waals surface area contributed by atoms with Crippen LogP contribution in [0.3, 0.4) is 0 Å².